The summed E-state index contributed by atoms with van der Waals surface area (Å²) < 4.78 is 26.3. The summed E-state index contributed by atoms with van der Waals surface area (Å²) in [6.07, 6.45) is 0.298. The SMILES string of the molecule is CC(C)(C)OC(=O)N1CCC2(CC1)CC(O)c1cc(Br)cc(F)c1O2. The Hall–Kier alpha value is -1.34. The molecule has 0 aliphatic carbocycles. The van der Waals surface area contributed by atoms with Crippen molar-refractivity contribution in [3.8, 4) is 5.75 Å². The van der Waals surface area contributed by atoms with Gasteiger partial charge in [-0.25, -0.2) is 9.18 Å². The Morgan fingerprint density at radius 2 is 2.04 bits per heavy atom. The number of halogens is 2. The number of hydrogen-bond donors (Lipinski definition) is 1. The van der Waals surface area contributed by atoms with Gasteiger partial charge in [-0.05, 0) is 32.9 Å². The van der Waals surface area contributed by atoms with Gasteiger partial charge in [0.1, 0.15) is 11.2 Å². The molecule has 25 heavy (non-hydrogen) atoms. The molecule has 2 aliphatic heterocycles. The van der Waals surface area contributed by atoms with Gasteiger partial charge < -0.3 is 19.5 Å². The van der Waals surface area contributed by atoms with Gasteiger partial charge in [-0.15, -0.1) is 0 Å². The summed E-state index contributed by atoms with van der Waals surface area (Å²) in [6.45, 7) is 6.39. The van der Waals surface area contributed by atoms with Gasteiger partial charge in [0, 0.05) is 42.4 Å². The first-order chi connectivity index (χ1) is 11.6. The van der Waals surface area contributed by atoms with E-state index in [-0.39, 0.29) is 11.8 Å². The highest BCUT2D eigenvalue weighted by Gasteiger charge is 2.45. The van der Waals surface area contributed by atoms with Crippen molar-refractivity contribution in [3.05, 3.63) is 28.0 Å². The van der Waals surface area contributed by atoms with Gasteiger partial charge in [0.2, 0.25) is 0 Å². The first-order valence-electron chi connectivity index (χ1n) is 8.43. The summed E-state index contributed by atoms with van der Waals surface area (Å²) in [5.74, 6) is -0.371. The zero-order valence-corrected chi connectivity index (χ0v) is 16.2. The Kier molecular flexibility index (Phi) is 4.75. The number of ether oxygens (including phenoxy) is 2. The number of fused-ring (bicyclic) bond motifs is 1. The molecule has 3 rings (SSSR count). The second-order valence-corrected chi connectivity index (χ2v) is 8.69. The van der Waals surface area contributed by atoms with E-state index in [4.69, 9.17) is 9.47 Å². The van der Waals surface area contributed by atoms with Crippen molar-refractivity contribution in [1.82, 2.24) is 4.90 Å². The van der Waals surface area contributed by atoms with Crippen LogP contribution >= 0.6 is 15.9 Å². The van der Waals surface area contributed by atoms with Gasteiger partial charge in [-0.1, -0.05) is 15.9 Å². The maximum Gasteiger partial charge on any atom is 0.410 e. The maximum atomic E-state index is 14.3. The quantitative estimate of drug-likeness (QED) is 0.690. The fraction of sp³-hybridized carbons (Fsp3) is 0.611. The smallest absolute Gasteiger partial charge is 0.410 e. The Morgan fingerprint density at radius 1 is 1.40 bits per heavy atom. The van der Waals surface area contributed by atoms with Crippen molar-refractivity contribution in [2.24, 2.45) is 0 Å². The third kappa shape index (κ3) is 3.92. The molecule has 1 aromatic rings. The van der Waals surface area contributed by atoms with Crippen molar-refractivity contribution in [2.45, 2.75) is 57.3 Å². The molecule has 1 spiro atoms. The number of rotatable bonds is 0. The van der Waals surface area contributed by atoms with Gasteiger partial charge in [0.05, 0.1) is 6.10 Å². The molecule has 1 aromatic carbocycles. The van der Waals surface area contributed by atoms with Crippen LogP contribution in [0.25, 0.3) is 0 Å². The second kappa shape index (κ2) is 6.43. The Morgan fingerprint density at radius 3 is 2.64 bits per heavy atom. The third-order valence-electron chi connectivity index (χ3n) is 4.61. The average Bonchev–Trinajstić information content (AvgIpc) is 2.48. The van der Waals surface area contributed by atoms with Crippen LogP contribution in [0, 0.1) is 5.82 Å². The number of aliphatic hydroxyl groups excluding tert-OH is 1. The molecule has 138 valence electrons. The predicted molar refractivity (Wildman–Crippen MR) is 94.1 cm³/mol. The number of nitrogens with zero attached hydrogens (tertiary/aromatic N) is 1. The molecule has 1 saturated heterocycles. The summed E-state index contributed by atoms with van der Waals surface area (Å²) in [5.41, 5.74) is -0.731. The van der Waals surface area contributed by atoms with Crippen molar-refractivity contribution in [3.63, 3.8) is 0 Å². The van der Waals surface area contributed by atoms with Crippen LogP contribution < -0.4 is 4.74 Å². The zero-order valence-electron chi connectivity index (χ0n) is 14.6. The molecule has 1 amide bonds. The van der Waals surface area contributed by atoms with E-state index in [2.05, 4.69) is 15.9 Å². The van der Waals surface area contributed by atoms with Crippen LogP contribution in [0.5, 0.6) is 5.75 Å². The topological polar surface area (TPSA) is 59.0 Å². The standard InChI is InChI=1S/C18H23BrFNO4/c1-17(2,3)25-16(23)21-6-4-18(5-7-21)10-14(22)12-8-11(19)9-13(20)15(12)24-18/h8-9,14,22H,4-7,10H2,1-3H3. The molecule has 7 heteroatoms. The monoisotopic (exact) mass is 415 g/mol. The van der Waals surface area contributed by atoms with Crippen molar-refractivity contribution in [1.29, 1.82) is 0 Å². The number of carbonyl (C=O) groups excluding carboxylic acids is 1. The van der Waals surface area contributed by atoms with E-state index in [1.807, 2.05) is 20.8 Å². The molecule has 0 radical (unpaired) electrons. The number of benzene rings is 1. The second-order valence-electron chi connectivity index (χ2n) is 7.78. The van der Waals surface area contributed by atoms with Crippen LogP contribution in [0.1, 0.15) is 51.7 Å². The van der Waals surface area contributed by atoms with Crippen molar-refractivity contribution >= 4 is 22.0 Å². The number of likely N-dealkylation sites (tertiary alicyclic amines) is 1. The third-order valence-corrected chi connectivity index (χ3v) is 5.06. The summed E-state index contributed by atoms with van der Waals surface area (Å²) in [4.78, 5) is 13.8. The van der Waals surface area contributed by atoms with E-state index >= 15 is 0 Å². The normalized spacial score (nSPS) is 22.3. The molecule has 1 atom stereocenters. The number of hydrogen-bond acceptors (Lipinski definition) is 4. The van der Waals surface area contributed by atoms with Crippen LogP contribution in [0.2, 0.25) is 0 Å². The maximum absolute atomic E-state index is 14.3. The molecule has 5 nitrogen and oxygen atoms in total. The predicted octanol–water partition coefficient (Wildman–Crippen LogP) is 4.17. The van der Waals surface area contributed by atoms with E-state index in [0.29, 0.717) is 42.4 Å². The van der Waals surface area contributed by atoms with Crippen molar-refractivity contribution < 1.29 is 23.8 Å². The Balaban J connectivity index is 1.73. The molecular formula is C18H23BrFNO4. The van der Waals surface area contributed by atoms with Gasteiger partial charge in [-0.3, -0.25) is 0 Å². The molecule has 0 aromatic heterocycles. The fourth-order valence-corrected chi connectivity index (χ4v) is 3.83. The fourth-order valence-electron chi connectivity index (χ4n) is 3.39. The summed E-state index contributed by atoms with van der Waals surface area (Å²) in [5, 5.41) is 10.5. The van der Waals surface area contributed by atoms with Crippen molar-refractivity contribution in [2.75, 3.05) is 13.1 Å². The van der Waals surface area contributed by atoms with E-state index in [9.17, 15) is 14.3 Å². The number of piperidine rings is 1. The molecule has 0 saturated carbocycles. The first-order valence-corrected chi connectivity index (χ1v) is 9.22. The highest BCUT2D eigenvalue weighted by Crippen LogP contribution is 2.46. The minimum absolute atomic E-state index is 0.118. The first kappa shape index (κ1) is 18.5. The summed E-state index contributed by atoms with van der Waals surface area (Å²) >= 11 is 3.24. The van der Waals surface area contributed by atoms with Crippen LogP contribution in [-0.4, -0.2) is 40.4 Å². The minimum atomic E-state index is -0.788. The van der Waals surface area contributed by atoms with Crippen LogP contribution in [0.4, 0.5) is 9.18 Å². The van der Waals surface area contributed by atoms with Crippen LogP contribution in [-0.2, 0) is 4.74 Å². The van der Waals surface area contributed by atoms with E-state index in [1.165, 1.54) is 6.07 Å². The van der Waals surface area contributed by atoms with Gasteiger partial charge in [0.15, 0.2) is 11.6 Å². The average molecular weight is 416 g/mol. The zero-order chi connectivity index (χ0) is 18.4. The molecule has 1 unspecified atom stereocenters. The van der Waals surface area contributed by atoms with Crippen LogP contribution in [0.3, 0.4) is 0 Å². The van der Waals surface area contributed by atoms with E-state index in [0.717, 1.165) is 0 Å². The molecule has 0 bridgehead atoms. The number of carbonyl (C=O) groups is 1. The lowest BCUT2D eigenvalue weighted by atomic mass is 9.81. The number of aliphatic hydroxyl groups is 1. The van der Waals surface area contributed by atoms with Gasteiger partial charge in [0.25, 0.3) is 0 Å². The summed E-state index contributed by atoms with van der Waals surface area (Å²) in [6, 6.07) is 3.02. The highest BCUT2D eigenvalue weighted by atomic mass is 79.9. The lowest BCUT2D eigenvalue weighted by Crippen LogP contribution is -2.52. The van der Waals surface area contributed by atoms with E-state index < -0.39 is 23.1 Å². The van der Waals surface area contributed by atoms with Gasteiger partial charge >= 0.3 is 6.09 Å². The molecule has 2 heterocycles. The molecule has 1 N–H and O–H groups in total. The minimum Gasteiger partial charge on any atom is -0.484 e. The van der Waals surface area contributed by atoms with Crippen LogP contribution in [0.15, 0.2) is 16.6 Å². The molecule has 2 aliphatic rings. The van der Waals surface area contributed by atoms with Gasteiger partial charge in [-0.2, -0.15) is 0 Å². The molecule has 1 fully saturated rings. The lowest BCUT2D eigenvalue weighted by Gasteiger charge is -2.45. The Labute approximate surface area is 155 Å². The lowest BCUT2D eigenvalue weighted by molar-refractivity contribution is -0.0591. The molecular weight excluding hydrogens is 393 g/mol. The summed E-state index contributed by atoms with van der Waals surface area (Å²) in [7, 11) is 0. The largest absolute Gasteiger partial charge is 0.484 e. The highest BCUT2D eigenvalue weighted by molar-refractivity contribution is 9.10. The Bertz CT molecular complexity index is 680. The number of amides is 1. The van der Waals surface area contributed by atoms with E-state index in [1.54, 1.807) is 11.0 Å².